The zero-order valence-corrected chi connectivity index (χ0v) is 23.8. The van der Waals surface area contributed by atoms with E-state index in [1.807, 2.05) is 43.3 Å². The predicted octanol–water partition coefficient (Wildman–Crippen LogP) is 4.57. The number of phenols is 1. The number of aromatic nitrogens is 1. The van der Waals surface area contributed by atoms with Gasteiger partial charge in [-0.3, -0.25) is 24.3 Å². The second kappa shape index (κ2) is 13.0. The van der Waals surface area contributed by atoms with Crippen molar-refractivity contribution in [3.05, 3.63) is 71.1 Å². The first-order valence-corrected chi connectivity index (χ1v) is 14.7. The van der Waals surface area contributed by atoms with Gasteiger partial charge in [0, 0.05) is 24.7 Å². The van der Waals surface area contributed by atoms with Crippen molar-refractivity contribution in [2.45, 2.75) is 64.3 Å². The number of hydrogen-bond donors (Lipinski definition) is 3. The lowest BCUT2D eigenvalue weighted by Crippen LogP contribution is -2.46. The third-order valence-electron chi connectivity index (χ3n) is 8.75. The van der Waals surface area contributed by atoms with Gasteiger partial charge in [0.2, 0.25) is 11.8 Å². The molecular formula is C32H37BN2O7. The number of amides is 2. The largest absolute Gasteiger partial charge is 0.507 e. The van der Waals surface area contributed by atoms with E-state index >= 15 is 0 Å². The highest BCUT2D eigenvalue weighted by molar-refractivity contribution is 6.43. The van der Waals surface area contributed by atoms with E-state index < -0.39 is 31.0 Å². The topological polar surface area (TPSA) is 137 Å². The number of fused-ring (bicyclic) bond motifs is 3. The molecule has 3 heterocycles. The summed E-state index contributed by atoms with van der Waals surface area (Å²) in [6, 6.07) is 12.8. The number of phenolic OH excluding ortho intramolecular Hbond substituents is 1. The molecule has 3 aliphatic rings. The average Bonchev–Trinajstić information content (AvgIpc) is 3.20. The van der Waals surface area contributed by atoms with Crippen LogP contribution in [0.1, 0.15) is 63.1 Å². The van der Waals surface area contributed by atoms with Gasteiger partial charge < -0.3 is 19.9 Å². The van der Waals surface area contributed by atoms with Crippen LogP contribution in [0.5, 0.6) is 5.75 Å². The zero-order chi connectivity index (χ0) is 29.8. The van der Waals surface area contributed by atoms with Gasteiger partial charge in [0.25, 0.3) is 0 Å². The standard InChI is InChI=1S/C32H37BN2O7/c1-20-17-23-30(32(40)35(31(23)39)16-8-2-3-12-28(37)38)24-19-33(41)42-27(29(20)24)14-13-21(25-10-6-7-15-34-25)18-22-9-4-5-11-26(22)36/h4-7,9-11,15,18,23-24,27,30,36,41H,2-3,8,12-14,16-17,19H2,1H3,(H,37,38)/b21-18-/t23-,24+,27-,30-/m1/s1. The van der Waals surface area contributed by atoms with Crippen LogP contribution in [0.25, 0.3) is 11.6 Å². The molecule has 0 saturated carbocycles. The molecular weight excluding hydrogens is 535 g/mol. The van der Waals surface area contributed by atoms with Crippen LogP contribution in [0, 0.1) is 17.8 Å². The lowest BCUT2D eigenvalue weighted by molar-refractivity contribution is -0.141. The van der Waals surface area contributed by atoms with Crippen LogP contribution >= 0.6 is 0 Å². The molecule has 2 fully saturated rings. The van der Waals surface area contributed by atoms with Crippen molar-refractivity contribution in [2.24, 2.45) is 17.8 Å². The van der Waals surface area contributed by atoms with Gasteiger partial charge in [0.15, 0.2) is 0 Å². The van der Waals surface area contributed by atoms with Gasteiger partial charge in [-0.25, -0.2) is 0 Å². The molecule has 220 valence electrons. The molecule has 1 aliphatic carbocycles. The van der Waals surface area contributed by atoms with Gasteiger partial charge in [-0.2, -0.15) is 0 Å². The summed E-state index contributed by atoms with van der Waals surface area (Å²) < 4.78 is 6.08. The molecule has 42 heavy (non-hydrogen) atoms. The maximum atomic E-state index is 13.6. The summed E-state index contributed by atoms with van der Waals surface area (Å²) >= 11 is 0. The van der Waals surface area contributed by atoms with Crippen LogP contribution in [0.2, 0.25) is 6.32 Å². The van der Waals surface area contributed by atoms with Crippen LogP contribution in [-0.2, 0) is 19.0 Å². The number of para-hydroxylation sites is 1. The summed E-state index contributed by atoms with van der Waals surface area (Å²) in [5.74, 6) is -2.29. The smallest absolute Gasteiger partial charge is 0.455 e. The maximum Gasteiger partial charge on any atom is 0.455 e. The Kier molecular flexibility index (Phi) is 9.23. The Bertz CT molecular complexity index is 1390. The van der Waals surface area contributed by atoms with Gasteiger partial charge in [-0.05, 0) is 86.7 Å². The molecule has 2 aromatic rings. The van der Waals surface area contributed by atoms with E-state index in [-0.39, 0.29) is 36.2 Å². The first kappa shape index (κ1) is 29.7. The quantitative estimate of drug-likeness (QED) is 0.154. The third-order valence-corrected chi connectivity index (χ3v) is 8.75. The summed E-state index contributed by atoms with van der Waals surface area (Å²) in [6.07, 6.45) is 6.82. The fourth-order valence-electron chi connectivity index (χ4n) is 6.84. The van der Waals surface area contributed by atoms with E-state index in [4.69, 9.17) is 9.76 Å². The second-order valence-corrected chi connectivity index (χ2v) is 11.5. The van der Waals surface area contributed by atoms with E-state index in [0.717, 1.165) is 22.4 Å². The predicted molar refractivity (Wildman–Crippen MR) is 158 cm³/mol. The third kappa shape index (κ3) is 6.34. The summed E-state index contributed by atoms with van der Waals surface area (Å²) in [4.78, 5) is 43.6. The number of nitrogens with zero attached hydrogens (tertiary/aromatic N) is 2. The van der Waals surface area contributed by atoms with Gasteiger partial charge >= 0.3 is 13.1 Å². The molecule has 3 N–H and O–H groups in total. The molecule has 5 rings (SSSR count). The molecule has 9 nitrogen and oxygen atoms in total. The Morgan fingerprint density at radius 1 is 1.07 bits per heavy atom. The van der Waals surface area contributed by atoms with Crippen molar-refractivity contribution in [1.82, 2.24) is 9.88 Å². The van der Waals surface area contributed by atoms with Crippen LogP contribution in [0.4, 0.5) is 0 Å². The number of rotatable bonds is 11. The minimum absolute atomic E-state index is 0.0741. The number of pyridine rings is 1. The fraction of sp³-hybridized carbons (Fsp3) is 0.438. The van der Waals surface area contributed by atoms with Gasteiger partial charge in [-0.15, -0.1) is 0 Å². The molecule has 1 aromatic heterocycles. The highest BCUT2D eigenvalue weighted by atomic mass is 16.5. The van der Waals surface area contributed by atoms with E-state index in [0.29, 0.717) is 50.6 Å². The summed E-state index contributed by atoms with van der Waals surface area (Å²) in [5.41, 5.74) is 4.40. The van der Waals surface area contributed by atoms with E-state index in [2.05, 4.69) is 4.98 Å². The van der Waals surface area contributed by atoms with Crippen LogP contribution in [-0.4, -0.2) is 62.7 Å². The number of aromatic hydroxyl groups is 1. The van der Waals surface area contributed by atoms with Crippen molar-refractivity contribution in [3.63, 3.8) is 0 Å². The number of aliphatic carboxylic acids is 1. The van der Waals surface area contributed by atoms with Crippen molar-refractivity contribution >= 4 is 36.6 Å². The Labute approximate surface area is 246 Å². The number of allylic oxidation sites excluding steroid dienone is 2. The zero-order valence-electron chi connectivity index (χ0n) is 23.8. The number of hydrogen-bond acceptors (Lipinski definition) is 7. The summed E-state index contributed by atoms with van der Waals surface area (Å²) in [5, 5.41) is 30.0. The van der Waals surface area contributed by atoms with Crippen LogP contribution in [0.3, 0.4) is 0 Å². The van der Waals surface area contributed by atoms with E-state index in [1.165, 1.54) is 4.90 Å². The summed E-state index contributed by atoms with van der Waals surface area (Å²) in [6.45, 7) is 2.29. The molecule has 0 radical (unpaired) electrons. The SMILES string of the molecule is CC1=C2[C@@H](CC/C(=C/c3ccccc3O)c3ccccn3)OB(O)C[C@@H]2[C@@H]2C(=O)N(CCCCCC(=O)O)C(=O)[C@@H]2C1. The molecule has 2 aliphatic heterocycles. The van der Waals surface area contributed by atoms with Crippen molar-refractivity contribution in [3.8, 4) is 5.75 Å². The first-order chi connectivity index (χ1) is 20.2. The molecule has 0 spiro atoms. The average molecular weight is 572 g/mol. The Morgan fingerprint density at radius 2 is 1.86 bits per heavy atom. The second-order valence-electron chi connectivity index (χ2n) is 11.5. The number of carbonyl (C=O) groups excluding carboxylic acids is 2. The highest BCUT2D eigenvalue weighted by Crippen LogP contribution is 2.50. The summed E-state index contributed by atoms with van der Waals surface area (Å²) in [7, 11) is -1.05. The lowest BCUT2D eigenvalue weighted by atomic mass is 9.58. The maximum absolute atomic E-state index is 13.6. The molecule has 2 amide bonds. The fourth-order valence-corrected chi connectivity index (χ4v) is 6.84. The van der Waals surface area contributed by atoms with E-state index in [1.54, 1.807) is 18.3 Å². The normalized spacial score (nSPS) is 24.2. The van der Waals surface area contributed by atoms with Crippen LogP contribution in [0.15, 0.2) is 59.8 Å². The number of unbranched alkanes of at least 4 members (excludes halogenated alkanes) is 2. The molecule has 4 atom stereocenters. The van der Waals surface area contributed by atoms with Gasteiger partial charge in [-0.1, -0.05) is 36.3 Å². The molecule has 10 heteroatoms. The Hall–Kier alpha value is -3.76. The Morgan fingerprint density at radius 3 is 2.60 bits per heavy atom. The number of carbonyl (C=O) groups is 3. The minimum atomic E-state index is -1.05. The van der Waals surface area contributed by atoms with Gasteiger partial charge in [0.1, 0.15) is 5.75 Å². The lowest BCUT2D eigenvalue weighted by Gasteiger charge is -2.42. The molecule has 0 bridgehead atoms. The van der Waals surface area contributed by atoms with Crippen molar-refractivity contribution in [1.29, 1.82) is 0 Å². The number of imide groups is 1. The number of likely N-dealkylation sites (tertiary alicyclic amines) is 1. The number of benzene rings is 1. The minimum Gasteiger partial charge on any atom is -0.507 e. The monoisotopic (exact) mass is 572 g/mol. The van der Waals surface area contributed by atoms with Crippen LogP contribution < -0.4 is 0 Å². The molecule has 2 saturated heterocycles. The number of carboxylic acid groups (broad SMARTS) is 1. The molecule has 1 aromatic carbocycles. The van der Waals surface area contributed by atoms with Crippen molar-refractivity contribution < 1.29 is 34.3 Å². The van der Waals surface area contributed by atoms with Crippen molar-refractivity contribution in [2.75, 3.05) is 6.54 Å². The molecule has 0 unspecified atom stereocenters. The Balaban J connectivity index is 1.34. The van der Waals surface area contributed by atoms with Gasteiger partial charge in [0.05, 0.1) is 23.6 Å². The highest BCUT2D eigenvalue weighted by Gasteiger charge is 2.56. The van der Waals surface area contributed by atoms with E-state index in [9.17, 15) is 24.5 Å². The number of carboxylic acids is 1. The first-order valence-electron chi connectivity index (χ1n) is 14.7.